The van der Waals surface area contributed by atoms with Crippen LogP contribution in [0.15, 0.2) is 46.7 Å². The van der Waals surface area contributed by atoms with Crippen LogP contribution < -0.4 is 10.6 Å². The number of fused-ring (bicyclic) bond motifs is 1. The van der Waals surface area contributed by atoms with Gasteiger partial charge in [-0.3, -0.25) is 9.59 Å². The largest absolute Gasteiger partial charge is 0.462 e. The number of benzene rings is 1. The number of amides is 2. The molecule has 2 heterocycles. The van der Waals surface area contributed by atoms with Gasteiger partial charge in [-0.2, -0.15) is 0 Å². The van der Waals surface area contributed by atoms with Crippen LogP contribution in [-0.2, 0) is 22.4 Å². The van der Waals surface area contributed by atoms with Gasteiger partial charge in [0.25, 0.3) is 5.91 Å². The molecule has 2 unspecified atom stereocenters. The molecule has 3 aromatic rings. The monoisotopic (exact) mass is 528 g/mol. The summed E-state index contributed by atoms with van der Waals surface area (Å²) in [4.78, 5) is 40.8. The lowest BCUT2D eigenvalue weighted by atomic mass is 9.88. The Morgan fingerprint density at radius 3 is 2.77 bits per heavy atom. The molecule has 0 radical (unpaired) electrons. The molecule has 0 saturated carbocycles. The van der Waals surface area contributed by atoms with E-state index in [0.29, 0.717) is 33.7 Å². The molecule has 1 aliphatic rings. The van der Waals surface area contributed by atoms with Crippen LogP contribution in [0, 0.1) is 5.92 Å². The molecule has 2 N–H and O–H groups in total. The van der Waals surface area contributed by atoms with Crippen molar-refractivity contribution in [1.82, 2.24) is 0 Å². The van der Waals surface area contributed by atoms with E-state index in [1.807, 2.05) is 42.6 Å². The van der Waals surface area contributed by atoms with E-state index in [2.05, 4.69) is 17.6 Å². The number of thioether (sulfide) groups is 1. The molecule has 4 rings (SSSR count). The second-order valence-corrected chi connectivity index (χ2v) is 12.0. The zero-order valence-electron chi connectivity index (χ0n) is 19.9. The summed E-state index contributed by atoms with van der Waals surface area (Å²) >= 11 is 4.27. The number of esters is 1. The predicted octanol–water partition coefficient (Wildman–Crippen LogP) is 6.48. The molecule has 6 nitrogen and oxygen atoms in total. The Balaban J connectivity index is 1.45. The first-order valence-corrected chi connectivity index (χ1v) is 14.2. The first kappa shape index (κ1) is 25.5. The van der Waals surface area contributed by atoms with Crippen molar-refractivity contribution in [3.63, 3.8) is 0 Å². The zero-order chi connectivity index (χ0) is 24.9. The maximum atomic E-state index is 13.1. The van der Waals surface area contributed by atoms with Gasteiger partial charge in [-0.05, 0) is 74.2 Å². The highest BCUT2D eigenvalue weighted by molar-refractivity contribution is 8.00. The fourth-order valence-electron chi connectivity index (χ4n) is 3.98. The van der Waals surface area contributed by atoms with Crippen molar-refractivity contribution in [2.75, 3.05) is 17.2 Å². The Labute approximate surface area is 217 Å². The lowest BCUT2D eigenvalue weighted by Gasteiger charge is -2.18. The van der Waals surface area contributed by atoms with Crippen molar-refractivity contribution in [3.8, 4) is 0 Å². The van der Waals surface area contributed by atoms with Gasteiger partial charge in [0.15, 0.2) is 0 Å². The smallest absolute Gasteiger partial charge is 0.341 e. The highest BCUT2D eigenvalue weighted by Crippen LogP contribution is 2.40. The van der Waals surface area contributed by atoms with Gasteiger partial charge in [-0.25, -0.2) is 4.79 Å². The van der Waals surface area contributed by atoms with Crippen molar-refractivity contribution in [1.29, 1.82) is 0 Å². The molecule has 35 heavy (non-hydrogen) atoms. The molecular weight excluding hydrogens is 500 g/mol. The van der Waals surface area contributed by atoms with E-state index >= 15 is 0 Å². The Kier molecular flexibility index (Phi) is 8.30. The van der Waals surface area contributed by atoms with Gasteiger partial charge in [0, 0.05) is 15.5 Å². The van der Waals surface area contributed by atoms with Crippen molar-refractivity contribution in [2.45, 2.75) is 50.2 Å². The fraction of sp³-hybridized carbons (Fsp3) is 0.346. The second-order valence-electron chi connectivity index (χ2n) is 8.48. The summed E-state index contributed by atoms with van der Waals surface area (Å²) in [5.74, 6) is -0.151. The van der Waals surface area contributed by atoms with Crippen LogP contribution in [0.3, 0.4) is 0 Å². The number of ether oxygens (including phenoxy) is 1. The van der Waals surface area contributed by atoms with Gasteiger partial charge in [0.2, 0.25) is 5.91 Å². The predicted molar refractivity (Wildman–Crippen MR) is 144 cm³/mol. The topological polar surface area (TPSA) is 84.5 Å². The van der Waals surface area contributed by atoms with E-state index in [1.165, 1.54) is 34.4 Å². The molecular formula is C26H28N2O4S3. The maximum Gasteiger partial charge on any atom is 0.341 e. The Morgan fingerprint density at radius 1 is 1.20 bits per heavy atom. The highest BCUT2D eigenvalue weighted by Gasteiger charge is 2.30. The number of nitrogens with one attached hydrogen (secondary N) is 2. The summed E-state index contributed by atoms with van der Waals surface area (Å²) in [5, 5.41) is 7.93. The number of carbonyl (C=O) groups excluding carboxylic acids is 3. The minimum absolute atomic E-state index is 0.157. The summed E-state index contributed by atoms with van der Waals surface area (Å²) in [7, 11) is 0. The first-order chi connectivity index (χ1) is 16.9. The second kappa shape index (κ2) is 11.4. The van der Waals surface area contributed by atoms with Gasteiger partial charge in [0.1, 0.15) is 5.00 Å². The molecule has 1 aliphatic carbocycles. The van der Waals surface area contributed by atoms with E-state index < -0.39 is 5.25 Å². The number of hydrogen-bond donors (Lipinski definition) is 2. The number of carbonyl (C=O) groups is 3. The van der Waals surface area contributed by atoms with Gasteiger partial charge in [-0.1, -0.05) is 19.1 Å². The number of hydrogen-bond acceptors (Lipinski definition) is 7. The lowest BCUT2D eigenvalue weighted by Crippen LogP contribution is -2.23. The molecule has 2 aromatic heterocycles. The highest BCUT2D eigenvalue weighted by atomic mass is 32.2. The molecule has 9 heteroatoms. The van der Waals surface area contributed by atoms with Crippen LogP contribution in [-0.4, -0.2) is 29.6 Å². The zero-order valence-corrected chi connectivity index (χ0v) is 22.3. The van der Waals surface area contributed by atoms with Gasteiger partial charge < -0.3 is 15.4 Å². The standard InChI is InChI=1S/C26H28N2O4S3/c1-4-32-26(31)22-19-11-10-15(2)13-21(19)35-25(22)28-23(29)16(3)34-18-8-5-7-17(14-18)27-24(30)20-9-6-12-33-20/h5-9,12,14-16H,4,10-11,13H2,1-3H3,(H,27,30)(H,28,29). The van der Waals surface area contributed by atoms with Crippen LogP contribution in [0.4, 0.5) is 10.7 Å². The van der Waals surface area contributed by atoms with Crippen molar-refractivity contribution in [2.24, 2.45) is 5.92 Å². The average molecular weight is 529 g/mol. The molecule has 0 spiro atoms. The van der Waals surface area contributed by atoms with Crippen molar-refractivity contribution < 1.29 is 19.1 Å². The van der Waals surface area contributed by atoms with Crippen molar-refractivity contribution >= 4 is 62.9 Å². The van der Waals surface area contributed by atoms with Gasteiger partial charge >= 0.3 is 5.97 Å². The average Bonchev–Trinajstić information content (AvgIpc) is 3.47. The summed E-state index contributed by atoms with van der Waals surface area (Å²) in [6, 6.07) is 11.1. The third-order valence-electron chi connectivity index (χ3n) is 5.75. The Hall–Kier alpha value is -2.62. The van der Waals surface area contributed by atoms with E-state index in [0.717, 1.165) is 34.6 Å². The molecule has 2 amide bonds. The molecule has 0 bridgehead atoms. The maximum absolute atomic E-state index is 13.1. The molecule has 0 fully saturated rings. The minimum atomic E-state index is -0.411. The number of rotatable bonds is 8. The summed E-state index contributed by atoms with van der Waals surface area (Å²) in [6.07, 6.45) is 2.76. The molecule has 0 aliphatic heterocycles. The molecule has 184 valence electrons. The first-order valence-electron chi connectivity index (χ1n) is 11.6. The van der Waals surface area contributed by atoms with E-state index in [1.54, 1.807) is 13.0 Å². The third-order valence-corrected chi connectivity index (χ3v) is 8.88. The van der Waals surface area contributed by atoms with Crippen molar-refractivity contribution in [3.05, 3.63) is 62.7 Å². The van der Waals surface area contributed by atoms with Gasteiger partial charge in [0.05, 0.1) is 22.3 Å². The third kappa shape index (κ3) is 6.15. The van der Waals surface area contributed by atoms with Gasteiger partial charge in [-0.15, -0.1) is 34.4 Å². The van der Waals surface area contributed by atoms with Crippen LogP contribution in [0.2, 0.25) is 0 Å². The van der Waals surface area contributed by atoms with E-state index in [9.17, 15) is 14.4 Å². The number of thiophene rings is 2. The molecule has 1 aromatic carbocycles. The molecule has 2 atom stereocenters. The van der Waals surface area contributed by atoms with E-state index in [4.69, 9.17) is 4.74 Å². The SMILES string of the molecule is CCOC(=O)c1c(NC(=O)C(C)Sc2cccc(NC(=O)c3cccs3)c2)sc2c1CCC(C)C2. The van der Waals surface area contributed by atoms with E-state index in [-0.39, 0.29) is 17.8 Å². The summed E-state index contributed by atoms with van der Waals surface area (Å²) in [6.45, 7) is 6.11. The normalized spacial score (nSPS) is 15.7. The van der Waals surface area contributed by atoms with Crippen LogP contribution in [0.5, 0.6) is 0 Å². The number of anilines is 2. The van der Waals surface area contributed by atoms with Crippen LogP contribution >= 0.6 is 34.4 Å². The quantitative estimate of drug-likeness (QED) is 0.258. The summed E-state index contributed by atoms with van der Waals surface area (Å²) < 4.78 is 5.31. The Morgan fingerprint density at radius 2 is 2.03 bits per heavy atom. The van der Waals surface area contributed by atoms with Crippen LogP contribution in [0.25, 0.3) is 0 Å². The molecule has 0 saturated heterocycles. The summed E-state index contributed by atoms with van der Waals surface area (Å²) in [5.41, 5.74) is 2.21. The minimum Gasteiger partial charge on any atom is -0.462 e. The lowest BCUT2D eigenvalue weighted by molar-refractivity contribution is -0.115. The Bertz CT molecular complexity index is 1220. The van der Waals surface area contributed by atoms with Crippen LogP contribution in [0.1, 0.15) is 57.7 Å². The fourth-order valence-corrected chi connectivity index (χ4v) is 6.92.